The van der Waals surface area contributed by atoms with E-state index in [4.69, 9.17) is 4.74 Å². The molecule has 0 radical (unpaired) electrons. The summed E-state index contributed by atoms with van der Waals surface area (Å²) in [4.78, 5) is 17.9. The molecular formula is C20H24N2O2S. The van der Waals surface area contributed by atoms with Gasteiger partial charge in [-0.1, -0.05) is 30.3 Å². The van der Waals surface area contributed by atoms with Crippen molar-refractivity contribution in [3.05, 3.63) is 54.6 Å². The van der Waals surface area contributed by atoms with Gasteiger partial charge in [-0.05, 0) is 31.2 Å². The first kappa shape index (κ1) is 17.7. The summed E-state index contributed by atoms with van der Waals surface area (Å²) in [5.74, 6) is 1.63. The van der Waals surface area contributed by atoms with Crippen molar-refractivity contribution < 1.29 is 9.53 Å². The SMILES string of the molecule is CCOc1ccccc1N1CCN(C(=O)CSc2ccccc2)CC1. The van der Waals surface area contributed by atoms with Gasteiger partial charge in [0, 0.05) is 31.1 Å². The highest BCUT2D eigenvalue weighted by atomic mass is 32.2. The van der Waals surface area contributed by atoms with Crippen molar-refractivity contribution in [1.29, 1.82) is 0 Å². The zero-order valence-electron chi connectivity index (χ0n) is 14.6. The van der Waals surface area contributed by atoms with Crippen molar-refractivity contribution in [1.82, 2.24) is 4.90 Å². The standard InChI is InChI=1S/C20H24N2O2S/c1-2-24-19-11-7-6-10-18(19)21-12-14-22(15-13-21)20(23)16-25-17-8-4-3-5-9-17/h3-11H,2,12-16H2,1H3. The molecule has 0 atom stereocenters. The van der Waals surface area contributed by atoms with Crippen molar-refractivity contribution in [2.75, 3.05) is 43.4 Å². The average molecular weight is 356 g/mol. The van der Waals surface area contributed by atoms with Crippen molar-refractivity contribution >= 4 is 23.4 Å². The fourth-order valence-corrected chi connectivity index (χ4v) is 3.77. The fourth-order valence-electron chi connectivity index (χ4n) is 2.95. The van der Waals surface area contributed by atoms with Crippen LogP contribution >= 0.6 is 11.8 Å². The third kappa shape index (κ3) is 4.69. The van der Waals surface area contributed by atoms with Crippen LogP contribution in [0.15, 0.2) is 59.5 Å². The zero-order valence-corrected chi connectivity index (χ0v) is 15.4. The predicted molar refractivity (Wildman–Crippen MR) is 104 cm³/mol. The van der Waals surface area contributed by atoms with Gasteiger partial charge in [-0.15, -0.1) is 11.8 Å². The Bertz CT molecular complexity index is 685. The Hall–Kier alpha value is -2.14. The molecule has 3 rings (SSSR count). The van der Waals surface area contributed by atoms with E-state index in [0.29, 0.717) is 12.4 Å². The van der Waals surface area contributed by atoms with E-state index in [2.05, 4.69) is 11.0 Å². The molecule has 1 aliphatic heterocycles. The van der Waals surface area contributed by atoms with E-state index in [9.17, 15) is 4.79 Å². The molecule has 0 spiro atoms. The lowest BCUT2D eigenvalue weighted by atomic mass is 10.2. The number of nitrogens with zero attached hydrogens (tertiary/aromatic N) is 2. The van der Waals surface area contributed by atoms with Crippen LogP contribution in [0.25, 0.3) is 0 Å². The van der Waals surface area contributed by atoms with Crippen molar-refractivity contribution in [2.24, 2.45) is 0 Å². The van der Waals surface area contributed by atoms with Gasteiger partial charge < -0.3 is 14.5 Å². The molecule has 25 heavy (non-hydrogen) atoms. The second-order valence-electron chi connectivity index (χ2n) is 5.87. The first-order chi connectivity index (χ1) is 12.3. The Kier molecular flexibility index (Phi) is 6.23. The summed E-state index contributed by atoms with van der Waals surface area (Å²) in [5, 5.41) is 0. The molecule has 1 heterocycles. The molecule has 1 amide bonds. The highest BCUT2D eigenvalue weighted by Crippen LogP contribution is 2.29. The minimum Gasteiger partial charge on any atom is -0.492 e. The molecular weight excluding hydrogens is 332 g/mol. The smallest absolute Gasteiger partial charge is 0.233 e. The maximum absolute atomic E-state index is 12.4. The molecule has 132 valence electrons. The molecule has 0 bridgehead atoms. The van der Waals surface area contributed by atoms with Crippen LogP contribution in [-0.2, 0) is 4.79 Å². The second kappa shape index (κ2) is 8.81. The number of carbonyl (C=O) groups is 1. The summed E-state index contributed by atoms with van der Waals surface area (Å²) < 4.78 is 5.73. The number of benzene rings is 2. The molecule has 0 aromatic heterocycles. The number of thioether (sulfide) groups is 1. The van der Waals surface area contributed by atoms with Gasteiger partial charge >= 0.3 is 0 Å². The summed E-state index contributed by atoms with van der Waals surface area (Å²) >= 11 is 1.60. The summed E-state index contributed by atoms with van der Waals surface area (Å²) in [6, 6.07) is 18.2. The topological polar surface area (TPSA) is 32.8 Å². The predicted octanol–water partition coefficient (Wildman–Crippen LogP) is 3.53. The number of anilines is 1. The number of para-hydroxylation sites is 2. The Morgan fingerprint density at radius 1 is 1.00 bits per heavy atom. The van der Waals surface area contributed by atoms with Gasteiger partial charge in [0.15, 0.2) is 0 Å². The number of ether oxygens (including phenoxy) is 1. The van der Waals surface area contributed by atoms with Crippen molar-refractivity contribution in [3.8, 4) is 5.75 Å². The van der Waals surface area contributed by atoms with Gasteiger partial charge in [0.2, 0.25) is 5.91 Å². The Labute approximate surface area is 153 Å². The summed E-state index contributed by atoms with van der Waals surface area (Å²) in [6.07, 6.45) is 0. The van der Waals surface area contributed by atoms with Gasteiger partial charge in [-0.3, -0.25) is 4.79 Å². The third-order valence-electron chi connectivity index (χ3n) is 4.24. The van der Waals surface area contributed by atoms with E-state index in [1.807, 2.05) is 60.4 Å². The fraction of sp³-hybridized carbons (Fsp3) is 0.350. The Morgan fingerprint density at radius 2 is 1.68 bits per heavy atom. The van der Waals surface area contributed by atoms with Gasteiger partial charge in [-0.2, -0.15) is 0 Å². The summed E-state index contributed by atoms with van der Waals surface area (Å²) in [5.41, 5.74) is 1.12. The van der Waals surface area contributed by atoms with E-state index in [0.717, 1.165) is 42.5 Å². The molecule has 5 heteroatoms. The molecule has 0 aliphatic carbocycles. The van der Waals surface area contributed by atoms with Gasteiger partial charge in [-0.25, -0.2) is 0 Å². The van der Waals surface area contributed by atoms with Crippen molar-refractivity contribution in [2.45, 2.75) is 11.8 Å². The quantitative estimate of drug-likeness (QED) is 0.742. The number of carbonyl (C=O) groups excluding carboxylic acids is 1. The van der Waals surface area contributed by atoms with Crippen LogP contribution in [0, 0.1) is 0 Å². The average Bonchev–Trinajstić information content (AvgIpc) is 2.68. The number of amides is 1. The van der Waals surface area contributed by atoms with E-state index in [1.165, 1.54) is 0 Å². The lowest BCUT2D eigenvalue weighted by molar-refractivity contribution is -0.128. The van der Waals surface area contributed by atoms with E-state index in [-0.39, 0.29) is 5.91 Å². The molecule has 1 aliphatic rings. The molecule has 1 fully saturated rings. The van der Waals surface area contributed by atoms with Crippen LogP contribution in [0.3, 0.4) is 0 Å². The maximum Gasteiger partial charge on any atom is 0.233 e. The highest BCUT2D eigenvalue weighted by molar-refractivity contribution is 8.00. The van der Waals surface area contributed by atoms with E-state index in [1.54, 1.807) is 11.8 Å². The van der Waals surface area contributed by atoms with Gasteiger partial charge in [0.1, 0.15) is 5.75 Å². The zero-order chi connectivity index (χ0) is 17.5. The molecule has 0 unspecified atom stereocenters. The number of hydrogen-bond donors (Lipinski definition) is 0. The van der Waals surface area contributed by atoms with E-state index < -0.39 is 0 Å². The molecule has 1 saturated heterocycles. The van der Waals surface area contributed by atoms with Crippen LogP contribution in [0.1, 0.15) is 6.92 Å². The van der Waals surface area contributed by atoms with Crippen LogP contribution in [-0.4, -0.2) is 49.3 Å². The number of piperazine rings is 1. The summed E-state index contributed by atoms with van der Waals surface area (Å²) in [7, 11) is 0. The van der Waals surface area contributed by atoms with E-state index >= 15 is 0 Å². The van der Waals surface area contributed by atoms with Crippen LogP contribution in [0.5, 0.6) is 5.75 Å². The lowest BCUT2D eigenvalue weighted by Crippen LogP contribution is -2.49. The van der Waals surface area contributed by atoms with Crippen LogP contribution in [0.2, 0.25) is 0 Å². The minimum atomic E-state index is 0.214. The van der Waals surface area contributed by atoms with Crippen LogP contribution < -0.4 is 9.64 Å². The normalized spacial score (nSPS) is 14.4. The van der Waals surface area contributed by atoms with Gasteiger partial charge in [0.25, 0.3) is 0 Å². The molecule has 2 aromatic carbocycles. The monoisotopic (exact) mass is 356 g/mol. The number of hydrogen-bond acceptors (Lipinski definition) is 4. The summed E-state index contributed by atoms with van der Waals surface area (Å²) in [6.45, 7) is 5.85. The Morgan fingerprint density at radius 3 is 2.40 bits per heavy atom. The van der Waals surface area contributed by atoms with Crippen LogP contribution in [0.4, 0.5) is 5.69 Å². The minimum absolute atomic E-state index is 0.214. The Balaban J connectivity index is 1.52. The van der Waals surface area contributed by atoms with Crippen molar-refractivity contribution in [3.63, 3.8) is 0 Å². The molecule has 4 nitrogen and oxygen atoms in total. The molecule has 0 saturated carbocycles. The lowest BCUT2D eigenvalue weighted by Gasteiger charge is -2.36. The highest BCUT2D eigenvalue weighted by Gasteiger charge is 2.22. The second-order valence-corrected chi connectivity index (χ2v) is 6.92. The largest absolute Gasteiger partial charge is 0.492 e. The molecule has 0 N–H and O–H groups in total. The maximum atomic E-state index is 12.4. The first-order valence-electron chi connectivity index (χ1n) is 8.70. The van der Waals surface area contributed by atoms with Gasteiger partial charge in [0.05, 0.1) is 18.0 Å². The molecule has 2 aromatic rings. The number of rotatable bonds is 6. The first-order valence-corrected chi connectivity index (χ1v) is 9.69. The third-order valence-corrected chi connectivity index (χ3v) is 5.24.